The van der Waals surface area contributed by atoms with Gasteiger partial charge < -0.3 is 5.32 Å². The van der Waals surface area contributed by atoms with Crippen LogP contribution in [-0.2, 0) is 0 Å². The van der Waals surface area contributed by atoms with Crippen LogP contribution >= 0.6 is 23.2 Å². The van der Waals surface area contributed by atoms with E-state index in [2.05, 4.69) is 15.5 Å². The number of amides is 1. The summed E-state index contributed by atoms with van der Waals surface area (Å²) >= 11 is 12.0. The van der Waals surface area contributed by atoms with E-state index in [1.807, 2.05) is 6.92 Å². The summed E-state index contributed by atoms with van der Waals surface area (Å²) < 4.78 is 0. The number of benzene rings is 1. The van der Waals surface area contributed by atoms with Crippen molar-refractivity contribution < 1.29 is 4.79 Å². The van der Waals surface area contributed by atoms with E-state index in [-0.39, 0.29) is 11.9 Å². The van der Waals surface area contributed by atoms with Gasteiger partial charge in [0.05, 0.1) is 17.8 Å². The van der Waals surface area contributed by atoms with Crippen LogP contribution in [0.4, 0.5) is 0 Å². The van der Waals surface area contributed by atoms with Gasteiger partial charge in [0.15, 0.2) is 0 Å². The summed E-state index contributed by atoms with van der Waals surface area (Å²) in [6.45, 7) is 3.66. The maximum Gasteiger partial charge on any atom is 0.255 e. The van der Waals surface area contributed by atoms with Gasteiger partial charge in [-0.1, -0.05) is 29.3 Å². The normalized spacial score (nSPS) is 12.2. The Hall–Kier alpha value is -1.52. The summed E-state index contributed by atoms with van der Waals surface area (Å²) in [5, 5.41) is 10.5. The van der Waals surface area contributed by atoms with Gasteiger partial charge in [-0.3, -0.25) is 9.89 Å². The molecule has 0 saturated heterocycles. The Kier molecular flexibility index (Phi) is 4.12. The van der Waals surface area contributed by atoms with Crippen molar-refractivity contribution in [2.45, 2.75) is 19.9 Å². The minimum absolute atomic E-state index is 0.190. The first-order valence-corrected chi connectivity index (χ1v) is 6.50. The lowest BCUT2D eigenvalue weighted by Crippen LogP contribution is -2.27. The molecule has 1 unspecified atom stereocenters. The Balaban J connectivity index is 2.15. The molecule has 1 aromatic carbocycles. The predicted octanol–water partition coefficient (Wildman–Crippen LogP) is 3.52. The summed E-state index contributed by atoms with van der Waals surface area (Å²) in [5.74, 6) is -0.190. The third-order valence-corrected chi connectivity index (χ3v) is 3.41. The van der Waals surface area contributed by atoms with Crippen LogP contribution in [-0.4, -0.2) is 16.1 Å². The Labute approximate surface area is 121 Å². The molecule has 1 aromatic heterocycles. The summed E-state index contributed by atoms with van der Waals surface area (Å²) in [4.78, 5) is 12.0. The zero-order valence-electron chi connectivity index (χ0n) is 10.5. The number of aryl methyl sites for hydroxylation is 1. The van der Waals surface area contributed by atoms with Gasteiger partial charge in [0, 0.05) is 15.7 Å². The molecule has 1 atom stereocenters. The van der Waals surface area contributed by atoms with E-state index in [9.17, 15) is 4.79 Å². The van der Waals surface area contributed by atoms with Gasteiger partial charge in [0.25, 0.3) is 5.91 Å². The molecule has 19 heavy (non-hydrogen) atoms. The number of nitrogens with one attached hydrogen (secondary N) is 2. The number of aromatic nitrogens is 2. The van der Waals surface area contributed by atoms with Crippen molar-refractivity contribution >= 4 is 29.1 Å². The molecule has 0 aliphatic rings. The molecule has 0 saturated carbocycles. The van der Waals surface area contributed by atoms with Gasteiger partial charge >= 0.3 is 0 Å². The quantitative estimate of drug-likeness (QED) is 0.911. The smallest absolute Gasteiger partial charge is 0.255 e. The first-order chi connectivity index (χ1) is 8.99. The van der Waals surface area contributed by atoms with Crippen LogP contribution in [0.1, 0.15) is 34.6 Å². The molecule has 0 bridgehead atoms. The van der Waals surface area contributed by atoms with E-state index in [4.69, 9.17) is 23.2 Å². The number of hydrogen-bond donors (Lipinski definition) is 2. The number of carbonyl (C=O) groups excluding carboxylic acids is 1. The zero-order valence-corrected chi connectivity index (χ0v) is 12.0. The zero-order chi connectivity index (χ0) is 14.0. The highest BCUT2D eigenvalue weighted by Crippen LogP contribution is 2.26. The largest absolute Gasteiger partial charge is 0.345 e. The molecule has 0 radical (unpaired) electrons. The fraction of sp³-hybridized carbons (Fsp3) is 0.231. The fourth-order valence-electron chi connectivity index (χ4n) is 1.78. The lowest BCUT2D eigenvalue weighted by molar-refractivity contribution is 0.0939. The number of H-pyrrole nitrogens is 1. The number of nitrogens with zero attached hydrogens (tertiary/aromatic N) is 1. The van der Waals surface area contributed by atoms with Crippen LogP contribution in [0.2, 0.25) is 10.0 Å². The second-order valence-electron chi connectivity index (χ2n) is 4.27. The summed E-state index contributed by atoms with van der Waals surface area (Å²) in [6.07, 6.45) is 1.50. The van der Waals surface area contributed by atoms with Gasteiger partial charge in [0.2, 0.25) is 0 Å². The monoisotopic (exact) mass is 297 g/mol. The van der Waals surface area contributed by atoms with Crippen LogP contribution in [0.5, 0.6) is 0 Å². The minimum Gasteiger partial charge on any atom is -0.345 e. The molecule has 100 valence electrons. The maximum atomic E-state index is 12.0. The Morgan fingerprint density at radius 1 is 1.42 bits per heavy atom. The molecule has 0 fully saturated rings. The van der Waals surface area contributed by atoms with Crippen molar-refractivity contribution in [3.63, 3.8) is 0 Å². The Morgan fingerprint density at radius 2 is 2.16 bits per heavy atom. The predicted molar refractivity (Wildman–Crippen MR) is 75.7 cm³/mol. The highest BCUT2D eigenvalue weighted by molar-refractivity contribution is 6.35. The van der Waals surface area contributed by atoms with Gasteiger partial charge in [-0.05, 0) is 31.5 Å². The second kappa shape index (κ2) is 5.63. The highest BCUT2D eigenvalue weighted by atomic mass is 35.5. The average molecular weight is 298 g/mol. The van der Waals surface area contributed by atoms with E-state index in [1.165, 1.54) is 6.20 Å². The van der Waals surface area contributed by atoms with Crippen molar-refractivity contribution in [1.82, 2.24) is 15.5 Å². The second-order valence-corrected chi connectivity index (χ2v) is 5.11. The van der Waals surface area contributed by atoms with E-state index in [0.29, 0.717) is 15.6 Å². The highest BCUT2D eigenvalue weighted by Gasteiger charge is 2.16. The van der Waals surface area contributed by atoms with Gasteiger partial charge in [-0.15, -0.1) is 0 Å². The third kappa shape index (κ3) is 3.08. The summed E-state index contributed by atoms with van der Waals surface area (Å²) in [7, 11) is 0. The van der Waals surface area contributed by atoms with Crippen molar-refractivity contribution in [3.8, 4) is 0 Å². The van der Waals surface area contributed by atoms with E-state index >= 15 is 0 Å². The van der Waals surface area contributed by atoms with Crippen molar-refractivity contribution in [2.24, 2.45) is 0 Å². The van der Waals surface area contributed by atoms with Crippen LogP contribution in [0, 0.1) is 6.92 Å². The average Bonchev–Trinajstić information content (AvgIpc) is 2.75. The molecule has 0 aliphatic heterocycles. The molecular weight excluding hydrogens is 285 g/mol. The number of aromatic amines is 1. The summed E-state index contributed by atoms with van der Waals surface area (Å²) in [6, 6.07) is 4.99. The first-order valence-electron chi connectivity index (χ1n) is 5.75. The number of rotatable bonds is 3. The molecule has 6 heteroatoms. The fourth-order valence-corrected chi connectivity index (χ4v) is 2.36. The topological polar surface area (TPSA) is 57.8 Å². The van der Waals surface area contributed by atoms with Gasteiger partial charge in [-0.25, -0.2) is 0 Å². The third-order valence-electron chi connectivity index (χ3n) is 2.85. The van der Waals surface area contributed by atoms with Crippen LogP contribution < -0.4 is 5.32 Å². The molecule has 4 nitrogen and oxygen atoms in total. The van der Waals surface area contributed by atoms with E-state index < -0.39 is 0 Å². The molecule has 0 spiro atoms. The standard InChI is InChI=1S/C13H13Cl2N3O/c1-7(10-4-3-9(14)5-12(10)15)17-13(19)11-6-16-18-8(11)2/h3-7H,1-2H3,(H,16,18)(H,17,19). The molecule has 2 aromatic rings. The van der Waals surface area contributed by atoms with Crippen molar-refractivity contribution in [3.05, 3.63) is 51.3 Å². The number of carbonyl (C=O) groups is 1. The Morgan fingerprint density at radius 3 is 2.74 bits per heavy atom. The van der Waals surface area contributed by atoms with Gasteiger partial charge in [-0.2, -0.15) is 5.10 Å². The minimum atomic E-state index is -0.216. The Bertz CT molecular complexity index is 610. The number of hydrogen-bond acceptors (Lipinski definition) is 2. The van der Waals surface area contributed by atoms with Crippen LogP contribution in [0.3, 0.4) is 0 Å². The summed E-state index contributed by atoms with van der Waals surface area (Å²) in [5.41, 5.74) is 2.07. The lowest BCUT2D eigenvalue weighted by Gasteiger charge is -2.15. The van der Waals surface area contributed by atoms with Crippen molar-refractivity contribution in [1.29, 1.82) is 0 Å². The lowest BCUT2D eigenvalue weighted by atomic mass is 10.1. The first kappa shape index (κ1) is 13.9. The molecular formula is C13H13Cl2N3O. The molecule has 1 heterocycles. The maximum absolute atomic E-state index is 12.0. The van der Waals surface area contributed by atoms with Gasteiger partial charge in [0.1, 0.15) is 0 Å². The van der Waals surface area contributed by atoms with Crippen LogP contribution in [0.15, 0.2) is 24.4 Å². The van der Waals surface area contributed by atoms with Crippen molar-refractivity contribution in [2.75, 3.05) is 0 Å². The van der Waals surface area contributed by atoms with Crippen LogP contribution in [0.25, 0.3) is 0 Å². The molecule has 2 rings (SSSR count). The molecule has 0 aliphatic carbocycles. The number of halogens is 2. The molecule has 2 N–H and O–H groups in total. The van der Waals surface area contributed by atoms with E-state index in [0.717, 1.165) is 11.3 Å². The van der Waals surface area contributed by atoms with E-state index in [1.54, 1.807) is 25.1 Å². The SMILES string of the molecule is Cc1[nH]ncc1C(=O)NC(C)c1ccc(Cl)cc1Cl. The molecule has 1 amide bonds.